The number of hydrogen-bond acceptors (Lipinski definition) is 6. The van der Waals surface area contributed by atoms with E-state index in [9.17, 15) is 58.1 Å². The van der Waals surface area contributed by atoms with Crippen molar-refractivity contribution in [2.45, 2.75) is 44.3 Å². The first-order valence-electron chi connectivity index (χ1n) is 9.91. The van der Waals surface area contributed by atoms with Crippen molar-refractivity contribution in [3.8, 4) is 5.75 Å². The molecule has 0 amide bonds. The largest absolute Gasteiger partial charge is 0.471 e. The van der Waals surface area contributed by atoms with Crippen LogP contribution in [0.2, 0.25) is 0 Å². The Labute approximate surface area is 199 Å². The van der Waals surface area contributed by atoms with Crippen LogP contribution in [0.5, 0.6) is 5.75 Å². The number of nitrogens with zero attached hydrogens (tertiary/aromatic N) is 1. The Morgan fingerprint density at radius 2 is 1.49 bits per heavy atom. The molecule has 0 spiro atoms. The fourth-order valence-corrected chi connectivity index (χ4v) is 4.58. The lowest BCUT2D eigenvalue weighted by Gasteiger charge is -2.31. The number of halogens is 10. The van der Waals surface area contributed by atoms with Gasteiger partial charge in [-0.2, -0.15) is 39.5 Å². The van der Waals surface area contributed by atoms with Crippen molar-refractivity contribution in [1.82, 2.24) is 9.55 Å². The molecule has 2 rings (SSSR count). The van der Waals surface area contributed by atoms with Crippen LogP contribution in [0.3, 0.4) is 0 Å². The molecular weight excluding hydrogens is 561 g/mol. The lowest BCUT2D eigenvalue weighted by atomic mass is 10.1. The normalized spacial score (nSPS) is 13.8. The Bertz CT molecular complexity index is 1300. The molecule has 0 saturated heterocycles. The molecule has 0 bridgehead atoms. The van der Waals surface area contributed by atoms with Gasteiger partial charge in [0.15, 0.2) is 6.67 Å². The van der Waals surface area contributed by atoms with E-state index in [1.807, 2.05) is 0 Å². The maximum atomic E-state index is 14.1. The molecule has 0 aliphatic rings. The first-order valence-corrected chi connectivity index (χ1v) is 11.6. The van der Waals surface area contributed by atoms with Crippen molar-refractivity contribution in [2.24, 2.45) is 0 Å². The van der Waals surface area contributed by atoms with Gasteiger partial charge in [-0.25, -0.2) is 4.39 Å². The zero-order valence-corrected chi connectivity index (χ0v) is 19.5. The molecule has 1 heterocycles. The molecule has 210 valence electrons. The standard InChI is InChI=1S/C18H17F10N2O6P/c1-3-34-37(33,35-4-2)8-30-11-6-12(36-18(27,28)17(25,26)15(20,21)7-19)9(16(22,23)24)5-10(11)29-13(31)14(30)32/h5-6H,3-4,7-8H2,1-2H3,(H,29,31). The van der Waals surface area contributed by atoms with E-state index in [2.05, 4.69) is 4.74 Å². The SMILES string of the molecule is CCOP(=O)(Cn1c(=O)c(=O)[nH]c2cc(C(F)(F)F)c(OC(F)(F)C(F)(F)C(F)(F)CF)cc21)OCC. The van der Waals surface area contributed by atoms with Crippen LogP contribution in [0.4, 0.5) is 43.9 Å². The molecule has 8 nitrogen and oxygen atoms in total. The second kappa shape index (κ2) is 10.3. The second-order valence-electron chi connectivity index (χ2n) is 7.17. The summed E-state index contributed by atoms with van der Waals surface area (Å²) < 4.78 is 161. The van der Waals surface area contributed by atoms with Gasteiger partial charge in [-0.1, -0.05) is 0 Å². The lowest BCUT2D eigenvalue weighted by molar-refractivity contribution is -0.373. The van der Waals surface area contributed by atoms with Crippen molar-refractivity contribution >= 4 is 18.6 Å². The molecule has 0 atom stereocenters. The fourth-order valence-electron chi connectivity index (χ4n) is 2.93. The predicted molar refractivity (Wildman–Crippen MR) is 106 cm³/mol. The number of aromatic nitrogens is 2. The Morgan fingerprint density at radius 3 is 1.95 bits per heavy atom. The number of fused-ring (bicyclic) bond motifs is 1. The third-order valence-corrected chi connectivity index (χ3v) is 6.51. The average Bonchev–Trinajstić information content (AvgIpc) is 2.76. The molecule has 1 aromatic carbocycles. The van der Waals surface area contributed by atoms with E-state index in [1.165, 1.54) is 13.8 Å². The molecule has 1 N–H and O–H groups in total. The highest BCUT2D eigenvalue weighted by Crippen LogP contribution is 2.51. The average molecular weight is 578 g/mol. The van der Waals surface area contributed by atoms with Crippen LogP contribution in [0, 0.1) is 0 Å². The molecular formula is C18H17F10N2O6P. The van der Waals surface area contributed by atoms with Crippen LogP contribution in [0.25, 0.3) is 11.0 Å². The summed E-state index contributed by atoms with van der Waals surface area (Å²) >= 11 is 0. The zero-order valence-electron chi connectivity index (χ0n) is 18.6. The van der Waals surface area contributed by atoms with Crippen LogP contribution in [-0.4, -0.2) is 47.4 Å². The summed E-state index contributed by atoms with van der Waals surface area (Å²) in [6.45, 7) is -1.22. The molecule has 1 aromatic heterocycles. The molecule has 0 aliphatic heterocycles. The van der Waals surface area contributed by atoms with Crippen LogP contribution in [-0.2, 0) is 26.1 Å². The molecule has 37 heavy (non-hydrogen) atoms. The van der Waals surface area contributed by atoms with Gasteiger partial charge < -0.3 is 18.8 Å². The number of rotatable bonds is 11. The van der Waals surface area contributed by atoms with E-state index in [-0.39, 0.29) is 29.9 Å². The molecule has 0 radical (unpaired) electrons. The Morgan fingerprint density at radius 1 is 0.946 bits per heavy atom. The second-order valence-corrected chi connectivity index (χ2v) is 9.19. The summed E-state index contributed by atoms with van der Waals surface area (Å²) in [6.07, 6.45) is -13.2. The van der Waals surface area contributed by atoms with Crippen molar-refractivity contribution in [3.05, 3.63) is 38.4 Å². The van der Waals surface area contributed by atoms with Crippen molar-refractivity contribution < 1.29 is 62.3 Å². The van der Waals surface area contributed by atoms with Crippen molar-refractivity contribution in [3.63, 3.8) is 0 Å². The summed E-state index contributed by atoms with van der Waals surface area (Å²) in [4.78, 5) is 26.1. The molecule has 0 fully saturated rings. The van der Waals surface area contributed by atoms with Gasteiger partial charge in [0, 0.05) is 6.07 Å². The number of nitrogens with one attached hydrogen (secondary N) is 1. The highest BCUT2D eigenvalue weighted by Gasteiger charge is 2.74. The maximum absolute atomic E-state index is 14.1. The van der Waals surface area contributed by atoms with Crippen molar-refractivity contribution in [2.75, 3.05) is 19.9 Å². The predicted octanol–water partition coefficient (Wildman–Crippen LogP) is 5.14. The molecule has 0 aliphatic carbocycles. The first kappa shape index (κ1) is 30.6. The van der Waals surface area contributed by atoms with Crippen LogP contribution in [0.15, 0.2) is 21.7 Å². The quantitative estimate of drug-likeness (QED) is 0.225. The summed E-state index contributed by atoms with van der Waals surface area (Å²) in [5.41, 5.74) is -7.30. The van der Waals surface area contributed by atoms with E-state index in [4.69, 9.17) is 9.05 Å². The highest BCUT2D eigenvalue weighted by atomic mass is 31.2. The number of hydrogen-bond donors (Lipinski definition) is 1. The topological polar surface area (TPSA) is 99.6 Å². The number of alkyl halides is 10. The first-order chi connectivity index (χ1) is 16.8. The van der Waals surface area contributed by atoms with Gasteiger partial charge in [-0.05, 0) is 19.9 Å². The van der Waals surface area contributed by atoms with Crippen molar-refractivity contribution in [1.29, 1.82) is 0 Å². The van der Waals surface area contributed by atoms with Gasteiger partial charge in [-0.3, -0.25) is 18.7 Å². The molecule has 0 saturated carbocycles. The zero-order chi connectivity index (χ0) is 28.6. The summed E-state index contributed by atoms with van der Waals surface area (Å²) in [5.74, 6) is -14.9. The monoisotopic (exact) mass is 578 g/mol. The summed E-state index contributed by atoms with van der Waals surface area (Å²) in [6, 6.07) is -0.217. The van der Waals surface area contributed by atoms with Gasteiger partial charge in [-0.15, -0.1) is 0 Å². The third kappa shape index (κ3) is 5.95. The van der Waals surface area contributed by atoms with E-state index >= 15 is 0 Å². The van der Waals surface area contributed by atoms with E-state index in [0.29, 0.717) is 0 Å². The number of H-pyrrole nitrogens is 1. The van der Waals surface area contributed by atoms with Crippen LogP contribution < -0.4 is 15.9 Å². The minimum absolute atomic E-state index is 0.102. The minimum Gasteiger partial charge on any atom is -0.427 e. The number of aromatic amines is 1. The molecule has 2 aromatic rings. The van der Waals surface area contributed by atoms with Crippen LogP contribution in [0.1, 0.15) is 19.4 Å². The smallest absolute Gasteiger partial charge is 0.427 e. The van der Waals surface area contributed by atoms with E-state index in [1.54, 1.807) is 4.98 Å². The van der Waals surface area contributed by atoms with Gasteiger partial charge in [0.2, 0.25) is 0 Å². The number of ether oxygens (including phenoxy) is 1. The fraction of sp³-hybridized carbons (Fsp3) is 0.556. The van der Waals surface area contributed by atoms with Gasteiger partial charge in [0.25, 0.3) is 0 Å². The van der Waals surface area contributed by atoms with Crippen LogP contribution >= 0.6 is 7.60 Å². The third-order valence-electron chi connectivity index (χ3n) is 4.58. The highest BCUT2D eigenvalue weighted by molar-refractivity contribution is 7.52. The summed E-state index contributed by atoms with van der Waals surface area (Å²) in [5, 5.41) is 0. The van der Waals surface area contributed by atoms with E-state index < -0.39 is 78.2 Å². The van der Waals surface area contributed by atoms with E-state index in [0.717, 1.165) is 0 Å². The molecule has 0 unspecified atom stereocenters. The lowest BCUT2D eigenvalue weighted by Crippen LogP contribution is -2.58. The number of benzene rings is 1. The molecule has 19 heteroatoms. The minimum atomic E-state index is -6.64. The van der Waals surface area contributed by atoms with Gasteiger partial charge in [0.05, 0.1) is 29.8 Å². The van der Waals surface area contributed by atoms with Gasteiger partial charge in [0.1, 0.15) is 12.0 Å². The Balaban J connectivity index is 2.87. The Kier molecular flexibility index (Phi) is 8.52. The Hall–Kier alpha value is -2.59. The van der Waals surface area contributed by atoms with Gasteiger partial charge >= 0.3 is 42.8 Å². The maximum Gasteiger partial charge on any atom is 0.471 e. The summed E-state index contributed by atoms with van der Waals surface area (Å²) in [7, 11) is -4.31.